The molecule has 0 radical (unpaired) electrons. The monoisotopic (exact) mass is 274 g/mol. The first-order valence-electron chi connectivity index (χ1n) is 6.71. The number of nitrogens with zero attached hydrogens (tertiary/aromatic N) is 1. The predicted octanol–water partition coefficient (Wildman–Crippen LogP) is 0.582. The molecule has 0 spiro atoms. The van der Waals surface area contributed by atoms with Gasteiger partial charge in [0.25, 0.3) is 5.91 Å². The van der Waals surface area contributed by atoms with Gasteiger partial charge in [0.05, 0.1) is 6.61 Å². The smallest absolute Gasteiger partial charge is 0.269 e. The maximum atomic E-state index is 11.8. The van der Waals surface area contributed by atoms with E-state index < -0.39 is 0 Å². The Morgan fingerprint density at radius 2 is 2.35 bits per heavy atom. The summed E-state index contributed by atoms with van der Waals surface area (Å²) in [6, 6.07) is 3.32. The highest BCUT2D eigenvalue weighted by atomic mass is 16.5. The van der Waals surface area contributed by atoms with Gasteiger partial charge in [0.2, 0.25) is 0 Å². The van der Waals surface area contributed by atoms with Crippen molar-refractivity contribution in [2.45, 2.75) is 12.8 Å². The summed E-state index contributed by atoms with van der Waals surface area (Å²) in [7, 11) is 0. The molecule has 5 heteroatoms. The van der Waals surface area contributed by atoms with Crippen molar-refractivity contribution in [3.63, 3.8) is 0 Å². The second-order valence-corrected chi connectivity index (χ2v) is 4.67. The van der Waals surface area contributed by atoms with Gasteiger partial charge in [-0.2, -0.15) is 0 Å². The van der Waals surface area contributed by atoms with Crippen LogP contribution in [0.1, 0.15) is 28.9 Å². The number of aliphatic hydroxyl groups is 1. The molecule has 1 aromatic heterocycles. The Morgan fingerprint density at radius 1 is 1.50 bits per heavy atom. The van der Waals surface area contributed by atoms with E-state index in [2.05, 4.69) is 22.1 Å². The van der Waals surface area contributed by atoms with E-state index in [1.807, 2.05) is 0 Å². The number of hydrogen-bond donors (Lipinski definition) is 2. The first-order valence-corrected chi connectivity index (χ1v) is 6.71. The molecule has 0 atom stereocenters. The number of aliphatic hydroxyl groups excluding tert-OH is 1. The Labute approximate surface area is 118 Å². The van der Waals surface area contributed by atoms with Crippen LogP contribution in [0.3, 0.4) is 0 Å². The van der Waals surface area contributed by atoms with Crippen molar-refractivity contribution < 1.29 is 14.6 Å². The number of pyridine rings is 1. The molecule has 0 aromatic carbocycles. The van der Waals surface area contributed by atoms with Gasteiger partial charge in [-0.1, -0.05) is 11.8 Å². The predicted molar refractivity (Wildman–Crippen MR) is 74.1 cm³/mol. The third-order valence-electron chi connectivity index (χ3n) is 2.89. The minimum Gasteiger partial charge on any atom is -0.384 e. The molecule has 1 fully saturated rings. The van der Waals surface area contributed by atoms with Gasteiger partial charge in [-0.05, 0) is 30.9 Å². The fourth-order valence-corrected chi connectivity index (χ4v) is 1.61. The molecule has 1 aliphatic rings. The number of rotatable bonds is 6. The Hall–Kier alpha value is -1.90. The summed E-state index contributed by atoms with van der Waals surface area (Å²) in [6.07, 6.45) is 4.05. The lowest BCUT2D eigenvalue weighted by Crippen LogP contribution is -2.28. The Kier molecular flexibility index (Phi) is 5.54. The first-order chi connectivity index (χ1) is 9.79. The van der Waals surface area contributed by atoms with Gasteiger partial charge < -0.3 is 15.2 Å². The Morgan fingerprint density at radius 3 is 3.00 bits per heavy atom. The van der Waals surface area contributed by atoms with Crippen LogP contribution in [0.2, 0.25) is 0 Å². The topological polar surface area (TPSA) is 71.5 Å². The third kappa shape index (κ3) is 5.00. The van der Waals surface area contributed by atoms with E-state index >= 15 is 0 Å². The number of nitrogens with one attached hydrogen (secondary N) is 1. The second-order valence-electron chi connectivity index (χ2n) is 4.67. The molecule has 106 valence electrons. The molecule has 2 rings (SSSR count). The van der Waals surface area contributed by atoms with Gasteiger partial charge in [-0.25, -0.2) is 4.98 Å². The lowest BCUT2D eigenvalue weighted by atomic mass is 10.2. The van der Waals surface area contributed by atoms with Crippen LogP contribution in [0.25, 0.3) is 0 Å². The molecule has 1 amide bonds. The molecular weight excluding hydrogens is 256 g/mol. The van der Waals surface area contributed by atoms with Crippen LogP contribution in [0.4, 0.5) is 0 Å². The first kappa shape index (κ1) is 14.5. The summed E-state index contributed by atoms with van der Waals surface area (Å²) in [4.78, 5) is 15.8. The van der Waals surface area contributed by atoms with Crippen molar-refractivity contribution in [3.8, 4) is 11.8 Å². The summed E-state index contributed by atoms with van der Waals surface area (Å²) in [6.45, 7) is 1.62. The molecule has 1 heterocycles. The zero-order valence-corrected chi connectivity index (χ0v) is 11.3. The number of carbonyl (C=O) groups excluding carboxylic acids is 1. The van der Waals surface area contributed by atoms with Crippen LogP contribution in [-0.2, 0) is 4.74 Å². The van der Waals surface area contributed by atoms with Crippen molar-refractivity contribution >= 4 is 5.91 Å². The number of ether oxygens (including phenoxy) is 1. The lowest BCUT2D eigenvalue weighted by Gasteiger charge is -2.05. The Balaban J connectivity index is 1.70. The molecule has 0 saturated heterocycles. The molecule has 0 bridgehead atoms. The van der Waals surface area contributed by atoms with Gasteiger partial charge in [0.1, 0.15) is 12.3 Å². The highest BCUT2D eigenvalue weighted by Crippen LogP contribution is 2.28. The molecule has 2 N–H and O–H groups in total. The highest BCUT2D eigenvalue weighted by molar-refractivity contribution is 5.92. The van der Waals surface area contributed by atoms with E-state index in [0.29, 0.717) is 24.4 Å². The number of amides is 1. The minimum absolute atomic E-state index is 0.191. The number of hydrogen-bond acceptors (Lipinski definition) is 4. The van der Waals surface area contributed by atoms with Crippen LogP contribution >= 0.6 is 0 Å². The third-order valence-corrected chi connectivity index (χ3v) is 2.89. The van der Waals surface area contributed by atoms with Crippen molar-refractivity contribution in [3.05, 3.63) is 29.6 Å². The van der Waals surface area contributed by atoms with Crippen LogP contribution in [0.15, 0.2) is 18.3 Å². The van der Waals surface area contributed by atoms with Crippen LogP contribution < -0.4 is 5.32 Å². The molecule has 0 aliphatic heterocycles. The van der Waals surface area contributed by atoms with E-state index in [1.165, 1.54) is 19.0 Å². The van der Waals surface area contributed by atoms with Gasteiger partial charge >= 0.3 is 0 Å². The molecular formula is C15H18N2O3. The normalized spacial score (nSPS) is 13.4. The molecule has 1 aliphatic carbocycles. The summed E-state index contributed by atoms with van der Waals surface area (Å²) >= 11 is 0. The quantitative estimate of drug-likeness (QED) is 0.588. The van der Waals surface area contributed by atoms with E-state index in [9.17, 15) is 4.79 Å². The molecule has 5 nitrogen and oxygen atoms in total. The van der Waals surface area contributed by atoms with Crippen molar-refractivity contribution in [1.29, 1.82) is 0 Å². The summed E-state index contributed by atoms with van der Waals surface area (Å²) in [5, 5.41) is 11.3. The average molecular weight is 274 g/mol. The van der Waals surface area contributed by atoms with Gasteiger partial charge in [0.15, 0.2) is 0 Å². The minimum atomic E-state index is -0.221. The molecule has 1 saturated carbocycles. The molecule has 0 unspecified atom stereocenters. The zero-order valence-electron chi connectivity index (χ0n) is 11.3. The van der Waals surface area contributed by atoms with Crippen molar-refractivity contribution in [2.75, 3.05) is 26.4 Å². The maximum absolute atomic E-state index is 11.8. The summed E-state index contributed by atoms with van der Waals surface area (Å²) in [5.41, 5.74) is 1.02. The summed E-state index contributed by atoms with van der Waals surface area (Å²) < 4.78 is 5.43. The van der Waals surface area contributed by atoms with Crippen molar-refractivity contribution in [2.24, 2.45) is 5.92 Å². The number of carbonyl (C=O) groups is 1. The maximum Gasteiger partial charge on any atom is 0.269 e. The second kappa shape index (κ2) is 7.63. The van der Waals surface area contributed by atoms with Crippen LogP contribution in [0, 0.1) is 17.8 Å². The fraction of sp³-hybridized carbons (Fsp3) is 0.467. The van der Waals surface area contributed by atoms with Crippen LogP contribution in [-0.4, -0.2) is 42.4 Å². The van der Waals surface area contributed by atoms with Gasteiger partial charge in [-0.15, -0.1) is 0 Å². The van der Waals surface area contributed by atoms with E-state index in [1.54, 1.807) is 12.1 Å². The molecule has 1 aromatic rings. The highest BCUT2D eigenvalue weighted by Gasteiger charge is 2.20. The largest absolute Gasteiger partial charge is 0.384 e. The Bertz CT molecular complexity index is 498. The standard InChI is InChI=1S/C15H18N2O3/c18-8-1-2-12-5-6-14(17-10-12)15(19)16-7-9-20-11-13-3-4-13/h5-6,10,13,18H,3-4,7-9,11H2,(H,16,19). The number of aromatic nitrogens is 1. The fourth-order valence-electron chi connectivity index (χ4n) is 1.61. The SMILES string of the molecule is O=C(NCCOCC1CC1)c1ccc(C#CCO)cn1. The van der Waals surface area contributed by atoms with Gasteiger partial charge in [-0.3, -0.25) is 4.79 Å². The van der Waals surface area contributed by atoms with E-state index in [-0.39, 0.29) is 12.5 Å². The van der Waals surface area contributed by atoms with Crippen LogP contribution in [0.5, 0.6) is 0 Å². The van der Waals surface area contributed by atoms with E-state index in [4.69, 9.17) is 9.84 Å². The van der Waals surface area contributed by atoms with E-state index in [0.717, 1.165) is 12.5 Å². The molecule has 20 heavy (non-hydrogen) atoms. The summed E-state index contributed by atoms with van der Waals surface area (Å²) in [5.74, 6) is 5.76. The van der Waals surface area contributed by atoms with Gasteiger partial charge in [0, 0.05) is 24.9 Å². The lowest BCUT2D eigenvalue weighted by molar-refractivity contribution is 0.0902. The van der Waals surface area contributed by atoms with Crippen molar-refractivity contribution in [1.82, 2.24) is 10.3 Å². The zero-order chi connectivity index (χ0) is 14.2. The average Bonchev–Trinajstić information content (AvgIpc) is 3.29.